The molecular weight excluding hydrogens is 1130 g/mol. The van der Waals surface area contributed by atoms with Crippen molar-refractivity contribution in [2.75, 3.05) is 43.6 Å². The van der Waals surface area contributed by atoms with Crippen molar-refractivity contribution in [3.05, 3.63) is 116 Å². The molecule has 9 aromatic rings. The number of thiophene rings is 3. The lowest BCUT2D eigenvalue weighted by atomic mass is 9.90. The fourth-order valence-corrected chi connectivity index (χ4v) is 18.4. The summed E-state index contributed by atoms with van der Waals surface area (Å²) in [7, 11) is 6.48. The van der Waals surface area contributed by atoms with Gasteiger partial charge in [0, 0.05) is 106 Å². The molecule has 452 valence electrons. The minimum atomic E-state index is -0.219. The van der Waals surface area contributed by atoms with Crippen LogP contribution in [-0.2, 0) is 56.4 Å². The number of carbonyl (C=O) groups excluding carboxylic acids is 1. The molecule has 1 aromatic carbocycles. The van der Waals surface area contributed by atoms with Gasteiger partial charge in [-0.1, -0.05) is 18.2 Å². The van der Waals surface area contributed by atoms with Gasteiger partial charge in [-0.05, 0) is 190 Å². The van der Waals surface area contributed by atoms with Gasteiger partial charge in [-0.2, -0.15) is 0 Å². The van der Waals surface area contributed by atoms with Gasteiger partial charge in [0.05, 0.1) is 22.4 Å². The summed E-state index contributed by atoms with van der Waals surface area (Å²) >= 11 is 5.54. The number of hydrogen-bond acceptors (Lipinski definition) is 17. The Morgan fingerprint density at radius 3 is 1.44 bits per heavy atom. The second kappa shape index (κ2) is 26.6. The summed E-state index contributed by atoms with van der Waals surface area (Å²) in [6.45, 7) is 2.39. The Balaban J connectivity index is 0.000000120. The summed E-state index contributed by atoms with van der Waals surface area (Å²) in [5.74, 6) is 2.68. The van der Waals surface area contributed by atoms with E-state index in [-0.39, 0.29) is 11.7 Å². The van der Waals surface area contributed by atoms with Crippen LogP contribution >= 0.6 is 34.0 Å². The normalized spacial score (nSPS) is 21.8. The number of aromatic amines is 1. The van der Waals surface area contributed by atoms with Gasteiger partial charge < -0.3 is 31.6 Å². The van der Waals surface area contributed by atoms with Crippen molar-refractivity contribution in [2.24, 2.45) is 5.73 Å². The lowest BCUT2D eigenvalue weighted by molar-refractivity contribution is -0.118. The topological polar surface area (TPSA) is 195 Å². The Labute approximate surface area is 515 Å². The molecule has 6 aliphatic rings. The largest absolute Gasteiger partial charge is 0.370 e. The number of nitrogens with one attached hydrogen (secondary N) is 4. The van der Waals surface area contributed by atoms with Crippen LogP contribution in [0.5, 0.6) is 0 Å². The highest BCUT2D eigenvalue weighted by Crippen LogP contribution is 2.43. The predicted octanol–water partition coefficient (Wildman–Crippen LogP) is 12.8. The molecule has 16 nitrogen and oxygen atoms in total. The van der Waals surface area contributed by atoms with Crippen LogP contribution in [0.3, 0.4) is 0 Å². The van der Waals surface area contributed by atoms with E-state index in [1.807, 2.05) is 34.0 Å². The molecule has 0 spiro atoms. The van der Waals surface area contributed by atoms with Crippen molar-refractivity contribution in [3.8, 4) is 0 Å². The zero-order valence-corrected chi connectivity index (χ0v) is 52.5. The first kappa shape index (κ1) is 58.7. The van der Waals surface area contributed by atoms with Gasteiger partial charge in [-0.3, -0.25) is 19.6 Å². The molecule has 3 fully saturated rings. The molecule has 3 saturated carbocycles. The van der Waals surface area contributed by atoms with Gasteiger partial charge in [0.25, 0.3) is 0 Å². The van der Waals surface area contributed by atoms with E-state index in [4.69, 9.17) is 5.73 Å². The Hall–Kier alpha value is -6.29. The van der Waals surface area contributed by atoms with Crippen LogP contribution < -0.4 is 21.7 Å². The van der Waals surface area contributed by atoms with E-state index in [2.05, 4.69) is 122 Å². The number of aryl methyl sites for hydroxylation is 6. The summed E-state index contributed by atoms with van der Waals surface area (Å²) in [5.41, 5.74) is 13.1. The van der Waals surface area contributed by atoms with Crippen LogP contribution in [-0.4, -0.2) is 124 Å². The fourth-order valence-electron chi connectivity index (χ4n) is 14.7. The highest BCUT2D eigenvalue weighted by atomic mass is 32.1. The monoisotopic (exact) mass is 1220 g/mol. The summed E-state index contributed by atoms with van der Waals surface area (Å²) in [5, 5.41) is 16.4. The SMILES string of the molecule is CN(CCC(N)=O)C1CCC(Nc2ncnc3sc4c(c23)CCC4)CC1.CN(Cc1c[nH]c2ccccc12)C1CCC(Nc2ncnc3sc4c(c23)CCC4)CC1.CN(Cc1ccncc1F)C1CCC(Nc2ncnc3sc4c(c23)CCC4)CC1. The number of primary amides is 1. The number of halogens is 1. The molecule has 20 heteroatoms. The molecule has 0 saturated heterocycles. The standard InChI is InChI=1S/C25H29N5S.C22H26FN5S.C19H27N5OS/c1-30(14-16-13-26-21-7-3-2-5-19(16)21)18-11-9-17(10-12-18)29-24-23-20-6-4-8-22(20)31-25(23)28-15-27-24;1-28(12-14-9-10-24-11-18(14)23)16-7-5-15(6-8-16)27-21-20-17-3-2-4-19(17)29-22(20)26-13-25-21;1-24(10-9-16(20)25)13-7-5-12(6-8-13)23-18-17-14-3-2-4-15(14)26-19(17)22-11-21-18/h2-3,5,7,13,15,17-18,26H,4,6,8-12,14H2,1H3,(H,27,28,29);9-11,13,15-16H,2-8,12H2,1H3,(H,25,26,27);11-13H,2-10H2,1H3,(H2,20,25)(H,21,22,23). The number of benzene rings is 1. The van der Waals surface area contributed by atoms with Crippen LogP contribution in [0.25, 0.3) is 41.6 Å². The number of amides is 1. The van der Waals surface area contributed by atoms with E-state index in [0.29, 0.717) is 49.2 Å². The summed E-state index contributed by atoms with van der Waals surface area (Å²) < 4.78 is 13.9. The zero-order chi connectivity index (χ0) is 58.7. The number of pyridine rings is 1. The molecule has 6 aliphatic carbocycles. The van der Waals surface area contributed by atoms with Gasteiger partial charge in [-0.15, -0.1) is 34.0 Å². The third kappa shape index (κ3) is 13.0. The molecular formula is C66H82FN15OS3. The number of nitrogens with zero attached hydrogens (tertiary/aromatic N) is 10. The number of carbonyl (C=O) groups is 1. The molecule has 0 atom stereocenters. The molecule has 0 aliphatic heterocycles. The van der Waals surface area contributed by atoms with E-state index in [1.54, 1.807) is 31.2 Å². The third-order valence-corrected chi connectivity index (χ3v) is 23.2. The Bertz CT molecular complexity index is 3800. The second-order valence-electron chi connectivity index (χ2n) is 25.1. The van der Waals surface area contributed by atoms with Crippen LogP contribution in [0.2, 0.25) is 0 Å². The molecule has 15 rings (SSSR count). The maximum Gasteiger partial charge on any atom is 0.218 e. The minimum Gasteiger partial charge on any atom is -0.370 e. The molecule has 1 amide bonds. The predicted molar refractivity (Wildman–Crippen MR) is 349 cm³/mol. The summed E-state index contributed by atoms with van der Waals surface area (Å²) in [4.78, 5) is 60.7. The number of fused-ring (bicyclic) bond motifs is 10. The molecule has 6 N–H and O–H groups in total. The Morgan fingerprint density at radius 1 is 0.570 bits per heavy atom. The lowest BCUT2D eigenvalue weighted by Gasteiger charge is -2.35. The number of hydrogen-bond donors (Lipinski definition) is 5. The van der Waals surface area contributed by atoms with Crippen molar-refractivity contribution in [2.45, 2.75) is 191 Å². The summed E-state index contributed by atoms with van der Waals surface area (Å²) in [6, 6.07) is 13.5. The minimum absolute atomic E-state index is 0.217. The maximum absolute atomic E-state index is 13.9. The zero-order valence-electron chi connectivity index (χ0n) is 50.1. The number of para-hydroxylation sites is 1. The molecule has 0 bridgehead atoms. The highest BCUT2D eigenvalue weighted by Gasteiger charge is 2.31. The molecule has 0 unspecified atom stereocenters. The lowest BCUT2D eigenvalue weighted by Crippen LogP contribution is -2.39. The number of aromatic nitrogens is 8. The first-order valence-corrected chi connectivity index (χ1v) is 34.1. The van der Waals surface area contributed by atoms with Gasteiger partial charge in [-0.25, -0.2) is 34.3 Å². The number of nitrogens with two attached hydrogens (primary N) is 1. The molecule has 8 aromatic heterocycles. The van der Waals surface area contributed by atoms with Crippen LogP contribution in [0, 0.1) is 5.82 Å². The molecule has 86 heavy (non-hydrogen) atoms. The smallest absolute Gasteiger partial charge is 0.218 e. The van der Waals surface area contributed by atoms with E-state index < -0.39 is 0 Å². The van der Waals surface area contributed by atoms with Crippen molar-refractivity contribution in [1.29, 1.82) is 0 Å². The maximum atomic E-state index is 13.9. The van der Waals surface area contributed by atoms with Crippen LogP contribution in [0.15, 0.2) is 67.9 Å². The average Bonchev–Trinajstić information content (AvgIpc) is 2.13. The Kier molecular flexibility index (Phi) is 18.2. The fraction of sp³-hybridized carbons (Fsp3) is 0.515. The van der Waals surface area contributed by atoms with Crippen LogP contribution in [0.1, 0.15) is 145 Å². The third-order valence-electron chi connectivity index (χ3n) is 19.6. The first-order valence-electron chi connectivity index (χ1n) is 31.6. The van der Waals surface area contributed by atoms with Gasteiger partial charge in [0.15, 0.2) is 0 Å². The molecule has 0 radical (unpaired) electrons. The van der Waals surface area contributed by atoms with E-state index >= 15 is 0 Å². The summed E-state index contributed by atoms with van der Waals surface area (Å²) in [6.07, 6.45) is 35.4. The Morgan fingerprint density at radius 2 is 1.00 bits per heavy atom. The highest BCUT2D eigenvalue weighted by molar-refractivity contribution is 7.19. The first-order chi connectivity index (χ1) is 42.1. The van der Waals surface area contributed by atoms with Crippen molar-refractivity contribution >= 4 is 98.9 Å². The van der Waals surface area contributed by atoms with Crippen molar-refractivity contribution in [3.63, 3.8) is 0 Å². The van der Waals surface area contributed by atoms with Gasteiger partial charge in [0.2, 0.25) is 5.91 Å². The number of rotatable bonds is 16. The number of H-pyrrole nitrogens is 1. The average molecular weight is 1220 g/mol. The van der Waals surface area contributed by atoms with E-state index in [0.717, 1.165) is 115 Å². The van der Waals surface area contributed by atoms with Crippen LogP contribution in [0.4, 0.5) is 21.8 Å². The van der Waals surface area contributed by atoms with E-state index in [1.165, 1.54) is 141 Å². The number of anilines is 3. The molecule has 8 heterocycles. The van der Waals surface area contributed by atoms with Gasteiger partial charge >= 0.3 is 0 Å². The van der Waals surface area contributed by atoms with E-state index in [9.17, 15) is 9.18 Å². The second-order valence-corrected chi connectivity index (χ2v) is 28.3. The quantitative estimate of drug-likeness (QED) is 0.0613. The van der Waals surface area contributed by atoms with Crippen molar-refractivity contribution < 1.29 is 9.18 Å². The van der Waals surface area contributed by atoms with Crippen molar-refractivity contribution in [1.82, 2.24) is 54.6 Å². The van der Waals surface area contributed by atoms with Gasteiger partial charge in [0.1, 0.15) is 56.7 Å².